The zero-order valence-corrected chi connectivity index (χ0v) is 32.5. The number of fused-ring (bicyclic) bond motifs is 13. The number of allylic oxidation sites excluding steroid dienone is 6. The van der Waals surface area contributed by atoms with Gasteiger partial charge in [0.15, 0.2) is 0 Å². The van der Waals surface area contributed by atoms with Crippen molar-refractivity contribution in [2.45, 2.75) is 38.5 Å². The van der Waals surface area contributed by atoms with E-state index in [-0.39, 0.29) is 5.41 Å². The highest BCUT2D eigenvalue weighted by Crippen LogP contribution is 2.58. The van der Waals surface area contributed by atoms with Crippen molar-refractivity contribution >= 4 is 69.4 Å². The van der Waals surface area contributed by atoms with Crippen LogP contribution in [0.25, 0.3) is 91.4 Å². The molecule has 0 aliphatic heterocycles. The molecule has 0 nitrogen and oxygen atoms in total. The molecule has 0 spiro atoms. The Morgan fingerprint density at radius 2 is 1.20 bits per heavy atom. The van der Waals surface area contributed by atoms with Crippen molar-refractivity contribution in [3.8, 4) is 33.4 Å². The van der Waals surface area contributed by atoms with Crippen molar-refractivity contribution in [2.75, 3.05) is 0 Å². The van der Waals surface area contributed by atoms with E-state index in [1.807, 2.05) is 11.3 Å². The van der Waals surface area contributed by atoms with Gasteiger partial charge >= 0.3 is 0 Å². The lowest BCUT2D eigenvalue weighted by Gasteiger charge is -2.27. The molecule has 1 heteroatoms. The van der Waals surface area contributed by atoms with E-state index in [2.05, 4.69) is 178 Å². The van der Waals surface area contributed by atoms with Gasteiger partial charge in [0.25, 0.3) is 0 Å². The standard InChI is InChI=1S/C55H40S/c1-55(2)47-32-36(28-29-45(47)51-52-46-24-11-12-25-48(46)56-54(52)44-23-10-9-22-43(44)53(51)55)35-16-13-17-37(31-35)49-39-18-5-7-20-41(39)50(42-21-8-6-19-40(42)49)38-27-26-33-14-3-4-15-34(33)30-38/h3,5-14,16-29,31-32,34H,4,15,30H2,1-2H3. The van der Waals surface area contributed by atoms with E-state index in [0.717, 1.165) is 6.42 Å². The average Bonchev–Trinajstić information content (AvgIpc) is 3.75. The van der Waals surface area contributed by atoms with Crippen molar-refractivity contribution in [1.82, 2.24) is 0 Å². The number of hydrogen-bond acceptors (Lipinski definition) is 1. The van der Waals surface area contributed by atoms with E-state index >= 15 is 0 Å². The molecule has 266 valence electrons. The number of benzene rings is 8. The molecule has 0 N–H and O–H groups in total. The topological polar surface area (TPSA) is 0 Å². The minimum Gasteiger partial charge on any atom is -0.135 e. The molecule has 0 radical (unpaired) electrons. The van der Waals surface area contributed by atoms with E-state index in [1.165, 1.54) is 127 Å². The lowest BCUT2D eigenvalue weighted by Crippen LogP contribution is -2.15. The number of thiophene rings is 1. The third-order valence-electron chi connectivity index (χ3n) is 13.3. The molecule has 3 aliphatic rings. The van der Waals surface area contributed by atoms with Crippen LogP contribution in [-0.4, -0.2) is 0 Å². The summed E-state index contributed by atoms with van der Waals surface area (Å²) in [6.07, 6.45) is 13.0. The second kappa shape index (κ2) is 12.0. The molecule has 8 aromatic carbocycles. The third kappa shape index (κ3) is 4.52. The van der Waals surface area contributed by atoms with Gasteiger partial charge in [-0.3, -0.25) is 0 Å². The van der Waals surface area contributed by atoms with Gasteiger partial charge in [0.05, 0.1) is 0 Å². The monoisotopic (exact) mass is 732 g/mol. The number of hydrogen-bond donors (Lipinski definition) is 0. The molecule has 3 aliphatic carbocycles. The molecule has 0 saturated carbocycles. The van der Waals surface area contributed by atoms with E-state index < -0.39 is 0 Å². The molecular weight excluding hydrogens is 693 g/mol. The van der Waals surface area contributed by atoms with Crippen LogP contribution in [0.4, 0.5) is 0 Å². The summed E-state index contributed by atoms with van der Waals surface area (Å²) in [6.45, 7) is 4.88. The Morgan fingerprint density at radius 1 is 0.554 bits per heavy atom. The van der Waals surface area contributed by atoms with Crippen LogP contribution in [0.3, 0.4) is 0 Å². The first-order valence-corrected chi connectivity index (χ1v) is 21.0. The maximum atomic E-state index is 2.50. The van der Waals surface area contributed by atoms with Gasteiger partial charge in [-0.25, -0.2) is 0 Å². The summed E-state index contributed by atoms with van der Waals surface area (Å²) in [4.78, 5) is 0. The fourth-order valence-corrected chi connectivity index (χ4v) is 12.0. The van der Waals surface area contributed by atoms with Crippen LogP contribution in [0.15, 0.2) is 169 Å². The van der Waals surface area contributed by atoms with Crippen LogP contribution in [-0.2, 0) is 5.41 Å². The van der Waals surface area contributed by atoms with Crippen LogP contribution in [0, 0.1) is 5.92 Å². The first-order chi connectivity index (χ1) is 27.5. The second-order valence-electron chi connectivity index (χ2n) is 16.6. The zero-order valence-electron chi connectivity index (χ0n) is 31.7. The minimum atomic E-state index is -0.158. The van der Waals surface area contributed by atoms with Crippen LogP contribution in [0.2, 0.25) is 0 Å². The summed E-state index contributed by atoms with van der Waals surface area (Å²) in [5.74, 6) is 0.605. The maximum Gasteiger partial charge on any atom is 0.0440 e. The van der Waals surface area contributed by atoms with E-state index in [0.29, 0.717) is 5.92 Å². The predicted octanol–water partition coefficient (Wildman–Crippen LogP) is 15.8. The Balaban J connectivity index is 1.04. The smallest absolute Gasteiger partial charge is 0.0440 e. The molecule has 1 unspecified atom stereocenters. The molecule has 9 aromatic rings. The summed E-state index contributed by atoms with van der Waals surface area (Å²) in [5.41, 5.74) is 15.0. The largest absolute Gasteiger partial charge is 0.135 e. The summed E-state index contributed by atoms with van der Waals surface area (Å²) < 4.78 is 2.76. The summed E-state index contributed by atoms with van der Waals surface area (Å²) >= 11 is 1.94. The van der Waals surface area contributed by atoms with Gasteiger partial charge in [-0.2, -0.15) is 0 Å². The summed E-state index contributed by atoms with van der Waals surface area (Å²) in [7, 11) is 0. The van der Waals surface area contributed by atoms with E-state index in [1.54, 1.807) is 0 Å². The highest BCUT2D eigenvalue weighted by atomic mass is 32.1. The fraction of sp³-hybridized carbons (Fsp3) is 0.127. The van der Waals surface area contributed by atoms with Gasteiger partial charge in [-0.05, 0) is 137 Å². The minimum absolute atomic E-state index is 0.158. The third-order valence-corrected chi connectivity index (χ3v) is 14.5. The van der Waals surface area contributed by atoms with Crippen LogP contribution in [0.5, 0.6) is 0 Å². The molecule has 56 heavy (non-hydrogen) atoms. The highest BCUT2D eigenvalue weighted by molar-refractivity contribution is 7.26. The lowest BCUT2D eigenvalue weighted by atomic mass is 9.77. The quantitative estimate of drug-likeness (QED) is 0.159. The highest BCUT2D eigenvalue weighted by Gasteiger charge is 2.39. The Kier molecular flexibility index (Phi) is 6.90. The Hall–Kier alpha value is -6.02. The lowest BCUT2D eigenvalue weighted by molar-refractivity contribution is 0.573. The van der Waals surface area contributed by atoms with Gasteiger partial charge in [0.2, 0.25) is 0 Å². The Morgan fingerprint density at radius 3 is 1.96 bits per heavy atom. The second-order valence-corrected chi connectivity index (χ2v) is 17.7. The summed E-state index contributed by atoms with van der Waals surface area (Å²) in [5, 5.41) is 10.9. The average molecular weight is 733 g/mol. The fourth-order valence-electron chi connectivity index (χ4n) is 10.7. The first kappa shape index (κ1) is 32.2. The van der Waals surface area contributed by atoms with Crippen LogP contribution < -0.4 is 0 Å². The molecule has 1 atom stereocenters. The predicted molar refractivity (Wildman–Crippen MR) is 243 cm³/mol. The zero-order chi connectivity index (χ0) is 37.1. The molecular formula is C55H40S. The molecule has 0 fully saturated rings. The number of rotatable bonds is 3. The Labute approximate surface area is 331 Å². The van der Waals surface area contributed by atoms with Crippen LogP contribution in [0.1, 0.15) is 49.8 Å². The normalized spacial score (nSPS) is 17.0. The molecule has 0 saturated heterocycles. The van der Waals surface area contributed by atoms with Crippen molar-refractivity contribution < 1.29 is 0 Å². The van der Waals surface area contributed by atoms with Crippen LogP contribution >= 0.6 is 11.3 Å². The van der Waals surface area contributed by atoms with Crippen molar-refractivity contribution in [3.05, 3.63) is 186 Å². The van der Waals surface area contributed by atoms with Gasteiger partial charge in [0.1, 0.15) is 0 Å². The SMILES string of the molecule is CC1(C)c2cc(-c3cccc(-c4c5ccccc5c(C5=CC=C6C=CCCC6C5)c5ccccc45)c3)ccc2-c2c1c1ccccc1c1sc3ccccc3c21. The Bertz CT molecular complexity index is 3190. The van der Waals surface area contributed by atoms with E-state index in [4.69, 9.17) is 0 Å². The van der Waals surface area contributed by atoms with E-state index in [9.17, 15) is 0 Å². The molecule has 12 rings (SSSR count). The van der Waals surface area contributed by atoms with Gasteiger partial charge < -0.3 is 0 Å². The molecule has 1 aromatic heterocycles. The molecule has 1 heterocycles. The van der Waals surface area contributed by atoms with Gasteiger partial charge in [-0.15, -0.1) is 11.3 Å². The van der Waals surface area contributed by atoms with Crippen molar-refractivity contribution in [2.24, 2.45) is 5.92 Å². The van der Waals surface area contributed by atoms with Crippen molar-refractivity contribution in [3.63, 3.8) is 0 Å². The first-order valence-electron chi connectivity index (χ1n) is 20.2. The van der Waals surface area contributed by atoms with Crippen molar-refractivity contribution in [1.29, 1.82) is 0 Å². The molecule has 0 bridgehead atoms. The van der Waals surface area contributed by atoms with Gasteiger partial charge in [0, 0.05) is 25.6 Å². The van der Waals surface area contributed by atoms with Gasteiger partial charge in [-0.1, -0.05) is 159 Å². The summed E-state index contributed by atoms with van der Waals surface area (Å²) in [6, 6.07) is 52.9. The molecule has 0 amide bonds. The maximum absolute atomic E-state index is 2.50.